The second kappa shape index (κ2) is 8.10. The van der Waals surface area contributed by atoms with E-state index in [-0.39, 0.29) is 0 Å². The van der Waals surface area contributed by atoms with Crippen molar-refractivity contribution in [1.82, 2.24) is 19.7 Å². The lowest BCUT2D eigenvalue weighted by Gasteiger charge is -2.23. The number of thiazole rings is 1. The quantitative estimate of drug-likeness (QED) is 0.356. The summed E-state index contributed by atoms with van der Waals surface area (Å²) in [5.74, 6) is -0.157. The van der Waals surface area contributed by atoms with Crippen LogP contribution in [0.25, 0.3) is 0 Å². The lowest BCUT2D eigenvalue weighted by atomic mass is 9.98. The van der Waals surface area contributed by atoms with E-state index in [9.17, 15) is 9.59 Å². The summed E-state index contributed by atoms with van der Waals surface area (Å²) in [6.07, 6.45) is 1.65. The van der Waals surface area contributed by atoms with Gasteiger partial charge in [0.25, 0.3) is 5.91 Å². The molecule has 0 saturated carbocycles. The van der Waals surface area contributed by atoms with Crippen LogP contribution in [0.3, 0.4) is 0 Å². The number of carbonyl (C=O) groups is 2. The van der Waals surface area contributed by atoms with E-state index >= 15 is 0 Å². The summed E-state index contributed by atoms with van der Waals surface area (Å²) >= 11 is 6.50. The third-order valence-electron chi connectivity index (χ3n) is 4.45. The van der Waals surface area contributed by atoms with Crippen molar-refractivity contribution < 1.29 is 14.3 Å². The third-order valence-corrected chi connectivity index (χ3v) is 5.57. The van der Waals surface area contributed by atoms with E-state index in [4.69, 9.17) is 17.0 Å². The number of benzene rings is 1. The molecule has 3 heterocycles. The van der Waals surface area contributed by atoms with Crippen LogP contribution in [-0.4, -0.2) is 37.7 Å². The zero-order valence-electron chi connectivity index (χ0n) is 15.3. The molecule has 1 aliphatic rings. The van der Waals surface area contributed by atoms with E-state index in [2.05, 4.69) is 27.1 Å². The van der Waals surface area contributed by atoms with Crippen LogP contribution in [0.5, 0.6) is 0 Å². The molecule has 1 aromatic carbocycles. The van der Waals surface area contributed by atoms with Gasteiger partial charge in [0, 0.05) is 18.3 Å². The standard InChI is InChI=1S/C19H17N5O3S2/c1-2-7-24-15(22-23-19(24)28)9-12-10-29-18(20-12)21-16(25)14-8-11-5-3-4-6-13(11)17(26)27-14/h2-6,10,14H,1,7-9H2,(H,23,28)(H,20,21,25)/t14-/m0/s1. The van der Waals surface area contributed by atoms with Gasteiger partial charge in [-0.2, -0.15) is 5.10 Å². The molecule has 8 nitrogen and oxygen atoms in total. The van der Waals surface area contributed by atoms with Crippen molar-refractivity contribution >= 4 is 40.6 Å². The van der Waals surface area contributed by atoms with Gasteiger partial charge < -0.3 is 4.74 Å². The fraction of sp³-hybridized carbons (Fsp3) is 0.211. The van der Waals surface area contributed by atoms with Gasteiger partial charge in [0.1, 0.15) is 5.82 Å². The van der Waals surface area contributed by atoms with Crippen molar-refractivity contribution in [2.24, 2.45) is 0 Å². The van der Waals surface area contributed by atoms with Gasteiger partial charge in [-0.05, 0) is 23.8 Å². The number of ether oxygens (including phenoxy) is 1. The van der Waals surface area contributed by atoms with Crippen LogP contribution in [-0.2, 0) is 28.9 Å². The van der Waals surface area contributed by atoms with Gasteiger partial charge in [-0.15, -0.1) is 17.9 Å². The lowest BCUT2D eigenvalue weighted by Crippen LogP contribution is -2.37. The van der Waals surface area contributed by atoms with Crippen molar-refractivity contribution in [2.45, 2.75) is 25.5 Å². The molecule has 0 saturated heterocycles. The molecule has 10 heteroatoms. The van der Waals surface area contributed by atoms with E-state index in [0.717, 1.165) is 17.1 Å². The van der Waals surface area contributed by atoms with Gasteiger partial charge in [0.2, 0.25) is 0 Å². The minimum atomic E-state index is -0.881. The van der Waals surface area contributed by atoms with E-state index in [1.807, 2.05) is 22.1 Å². The highest BCUT2D eigenvalue weighted by Crippen LogP contribution is 2.23. The molecule has 4 rings (SSSR count). The number of fused-ring (bicyclic) bond motifs is 1. The fourth-order valence-corrected chi connectivity index (χ4v) is 4.01. The molecule has 0 unspecified atom stereocenters. The van der Waals surface area contributed by atoms with Crippen molar-refractivity contribution in [3.63, 3.8) is 0 Å². The Balaban J connectivity index is 1.43. The highest BCUT2D eigenvalue weighted by atomic mass is 32.1. The third kappa shape index (κ3) is 4.03. The molecule has 0 aliphatic carbocycles. The summed E-state index contributed by atoms with van der Waals surface area (Å²) < 4.78 is 7.63. The zero-order chi connectivity index (χ0) is 20.4. The first kappa shape index (κ1) is 19.2. The average Bonchev–Trinajstić information content (AvgIpc) is 3.29. The van der Waals surface area contributed by atoms with Crippen LogP contribution in [0.15, 0.2) is 42.3 Å². The highest BCUT2D eigenvalue weighted by Gasteiger charge is 2.31. The number of aromatic amines is 1. The van der Waals surface area contributed by atoms with Crippen LogP contribution in [0.1, 0.15) is 27.4 Å². The van der Waals surface area contributed by atoms with Gasteiger partial charge in [-0.3, -0.25) is 19.8 Å². The number of cyclic esters (lactones) is 1. The van der Waals surface area contributed by atoms with E-state index in [1.165, 1.54) is 11.3 Å². The number of amides is 1. The van der Waals surface area contributed by atoms with Crippen LogP contribution < -0.4 is 5.32 Å². The molecular weight excluding hydrogens is 410 g/mol. The summed E-state index contributed by atoms with van der Waals surface area (Å²) in [6, 6.07) is 7.13. The van der Waals surface area contributed by atoms with Crippen LogP contribution in [0.4, 0.5) is 5.13 Å². The number of H-pyrrole nitrogens is 1. The molecule has 2 aromatic heterocycles. The van der Waals surface area contributed by atoms with Crippen molar-refractivity contribution in [3.8, 4) is 0 Å². The Bertz CT molecular complexity index is 1150. The molecule has 2 N–H and O–H groups in total. The second-order valence-corrected chi connectivity index (χ2v) is 7.65. The Morgan fingerprint density at radius 1 is 1.48 bits per heavy atom. The number of nitrogens with one attached hydrogen (secondary N) is 2. The molecule has 148 valence electrons. The number of hydrogen-bond donors (Lipinski definition) is 2. The predicted octanol–water partition coefficient (Wildman–Crippen LogP) is 2.89. The predicted molar refractivity (Wildman–Crippen MR) is 111 cm³/mol. The van der Waals surface area contributed by atoms with Crippen LogP contribution >= 0.6 is 23.6 Å². The smallest absolute Gasteiger partial charge is 0.339 e. The largest absolute Gasteiger partial charge is 0.448 e. The fourth-order valence-electron chi connectivity index (χ4n) is 3.07. The van der Waals surface area contributed by atoms with Gasteiger partial charge in [-0.25, -0.2) is 9.78 Å². The Hall–Kier alpha value is -3.11. The van der Waals surface area contributed by atoms with E-state index < -0.39 is 18.0 Å². The number of anilines is 1. The van der Waals surface area contributed by atoms with Gasteiger partial charge in [-0.1, -0.05) is 24.3 Å². The van der Waals surface area contributed by atoms with E-state index in [0.29, 0.717) is 34.9 Å². The Kier molecular flexibility index (Phi) is 5.36. The molecule has 3 aromatic rings. The van der Waals surface area contributed by atoms with Gasteiger partial charge >= 0.3 is 5.97 Å². The number of esters is 1. The molecule has 1 aliphatic heterocycles. The number of aromatic nitrogens is 4. The number of allylic oxidation sites excluding steroid dienone is 1. The normalized spacial score (nSPS) is 15.4. The number of carbonyl (C=O) groups excluding carboxylic acids is 2. The molecule has 0 bridgehead atoms. The van der Waals surface area contributed by atoms with Gasteiger partial charge in [0.05, 0.1) is 17.7 Å². The summed E-state index contributed by atoms with van der Waals surface area (Å²) in [6.45, 7) is 4.27. The minimum absolute atomic E-state index is 0.336. The van der Waals surface area contributed by atoms with Gasteiger partial charge in [0.15, 0.2) is 16.0 Å². The Labute approximate surface area is 175 Å². The van der Waals surface area contributed by atoms with E-state index in [1.54, 1.807) is 18.2 Å². The molecule has 0 spiro atoms. The number of hydrogen-bond acceptors (Lipinski definition) is 7. The topological polar surface area (TPSA) is 102 Å². The zero-order valence-corrected chi connectivity index (χ0v) is 16.9. The first-order valence-electron chi connectivity index (χ1n) is 8.84. The number of rotatable bonds is 6. The maximum absolute atomic E-state index is 12.6. The molecule has 1 amide bonds. The average molecular weight is 428 g/mol. The van der Waals surface area contributed by atoms with Crippen molar-refractivity contribution in [1.29, 1.82) is 0 Å². The maximum atomic E-state index is 12.6. The molecular formula is C19H17N5O3S2. The monoisotopic (exact) mass is 427 g/mol. The van der Waals surface area contributed by atoms with Crippen molar-refractivity contribution in [2.75, 3.05) is 5.32 Å². The second-order valence-electron chi connectivity index (χ2n) is 6.41. The number of nitrogens with zero attached hydrogens (tertiary/aromatic N) is 3. The maximum Gasteiger partial charge on any atom is 0.339 e. The van der Waals surface area contributed by atoms with Crippen molar-refractivity contribution in [3.05, 3.63) is 69.7 Å². The summed E-state index contributed by atoms with van der Waals surface area (Å²) in [4.78, 5) is 29.1. The first-order chi connectivity index (χ1) is 14.0. The summed E-state index contributed by atoms with van der Waals surface area (Å²) in [5, 5.41) is 12.0. The highest BCUT2D eigenvalue weighted by molar-refractivity contribution is 7.71. The lowest BCUT2D eigenvalue weighted by molar-refractivity contribution is -0.125. The minimum Gasteiger partial charge on any atom is -0.448 e. The molecule has 0 radical (unpaired) electrons. The van der Waals surface area contributed by atoms with Crippen LogP contribution in [0, 0.1) is 4.77 Å². The first-order valence-corrected chi connectivity index (χ1v) is 10.1. The van der Waals surface area contributed by atoms with Crippen LogP contribution in [0.2, 0.25) is 0 Å². The molecule has 29 heavy (non-hydrogen) atoms. The molecule has 1 atom stereocenters. The Morgan fingerprint density at radius 2 is 2.31 bits per heavy atom. The SMILES string of the molecule is C=CCn1c(Cc2csc(NC(=O)[C@@H]3Cc4ccccc4C(=O)O3)n2)n[nH]c1=S. The Morgan fingerprint density at radius 3 is 3.14 bits per heavy atom. The molecule has 0 fully saturated rings. The summed E-state index contributed by atoms with van der Waals surface area (Å²) in [5.41, 5.74) is 2.05. The summed E-state index contributed by atoms with van der Waals surface area (Å²) in [7, 11) is 0.